The van der Waals surface area contributed by atoms with Gasteiger partial charge in [-0.1, -0.05) is 38.8 Å². The van der Waals surface area contributed by atoms with Gasteiger partial charge in [-0.3, -0.25) is 4.79 Å². The summed E-state index contributed by atoms with van der Waals surface area (Å²) in [5, 5.41) is 11.6. The number of carbonyl (C=O) groups is 2. The Morgan fingerprint density at radius 2 is 1.78 bits per heavy atom. The number of carbonyl (C=O) groups excluding carboxylic acids is 1. The van der Waals surface area contributed by atoms with Gasteiger partial charge in [0, 0.05) is 0 Å². The molecule has 0 bridgehead atoms. The lowest BCUT2D eigenvalue weighted by atomic mass is 10.1. The third-order valence-electron chi connectivity index (χ3n) is 3.51. The maximum atomic E-state index is 11.9. The van der Waals surface area contributed by atoms with Gasteiger partial charge in [0.15, 0.2) is 9.84 Å². The van der Waals surface area contributed by atoms with Gasteiger partial charge in [-0.2, -0.15) is 0 Å². The van der Waals surface area contributed by atoms with Gasteiger partial charge >= 0.3 is 5.97 Å². The molecule has 0 fully saturated rings. The minimum atomic E-state index is -3.26. The highest BCUT2D eigenvalue weighted by Crippen LogP contribution is 2.13. The van der Waals surface area contributed by atoms with Crippen LogP contribution in [0.15, 0.2) is 29.2 Å². The Hall–Kier alpha value is -1.89. The van der Waals surface area contributed by atoms with Crippen LogP contribution in [0, 0.1) is 0 Å². The number of carboxylic acids is 1. The predicted octanol–water partition coefficient (Wildman–Crippen LogP) is 1.78. The van der Waals surface area contributed by atoms with Crippen LogP contribution in [0.5, 0.6) is 0 Å². The lowest BCUT2D eigenvalue weighted by Gasteiger charge is -2.14. The standard InChI is InChI=1S/C16H23NO5S/c1-3-5-6-14(16(19)20)17-15(18)11-12-7-9-13(10-8-12)23(21,22)4-2/h7-10,14H,3-6,11H2,1-2H3,(H,17,18)(H,19,20). The number of benzene rings is 1. The number of nitrogens with one attached hydrogen (secondary N) is 1. The second-order valence-corrected chi connectivity index (χ2v) is 7.60. The second kappa shape index (κ2) is 8.67. The average Bonchev–Trinajstić information content (AvgIpc) is 2.51. The third-order valence-corrected chi connectivity index (χ3v) is 5.26. The molecular formula is C16H23NO5S. The third kappa shape index (κ3) is 6.02. The van der Waals surface area contributed by atoms with Crippen LogP contribution in [-0.2, 0) is 25.8 Å². The molecule has 1 unspecified atom stereocenters. The van der Waals surface area contributed by atoms with Crippen molar-refractivity contribution in [3.8, 4) is 0 Å². The van der Waals surface area contributed by atoms with E-state index in [-0.39, 0.29) is 23.0 Å². The van der Waals surface area contributed by atoms with E-state index in [1.807, 2.05) is 6.92 Å². The van der Waals surface area contributed by atoms with Crippen molar-refractivity contribution in [2.75, 3.05) is 5.75 Å². The van der Waals surface area contributed by atoms with Crippen LogP contribution in [0.4, 0.5) is 0 Å². The molecule has 0 heterocycles. The summed E-state index contributed by atoms with van der Waals surface area (Å²) in [5.41, 5.74) is 0.636. The molecule has 128 valence electrons. The SMILES string of the molecule is CCCCC(NC(=O)Cc1ccc(S(=O)(=O)CC)cc1)C(=O)O. The molecule has 1 aromatic rings. The van der Waals surface area contributed by atoms with Crippen LogP contribution < -0.4 is 5.32 Å². The predicted molar refractivity (Wildman–Crippen MR) is 87.0 cm³/mol. The molecule has 7 heteroatoms. The molecule has 1 rings (SSSR count). The molecule has 2 N–H and O–H groups in total. The molecule has 1 amide bonds. The van der Waals surface area contributed by atoms with Gasteiger partial charge in [-0.25, -0.2) is 13.2 Å². The van der Waals surface area contributed by atoms with E-state index in [9.17, 15) is 18.0 Å². The van der Waals surface area contributed by atoms with Gasteiger partial charge in [0.05, 0.1) is 17.1 Å². The first-order chi connectivity index (χ1) is 10.8. The number of sulfone groups is 1. The molecule has 23 heavy (non-hydrogen) atoms. The molecule has 0 spiro atoms. The minimum absolute atomic E-state index is 0.0162. The van der Waals surface area contributed by atoms with Crippen molar-refractivity contribution >= 4 is 21.7 Å². The van der Waals surface area contributed by atoms with E-state index < -0.39 is 21.8 Å². The van der Waals surface area contributed by atoms with Crippen molar-refractivity contribution in [3.05, 3.63) is 29.8 Å². The number of hydrogen-bond acceptors (Lipinski definition) is 4. The molecule has 1 aromatic carbocycles. The largest absolute Gasteiger partial charge is 0.480 e. The summed E-state index contributed by atoms with van der Waals surface area (Å²) < 4.78 is 23.4. The summed E-state index contributed by atoms with van der Waals surface area (Å²) in [6.07, 6.45) is 1.99. The van der Waals surface area contributed by atoms with Crippen molar-refractivity contribution in [1.82, 2.24) is 5.32 Å². The molecule has 0 aromatic heterocycles. The van der Waals surface area contributed by atoms with Crippen molar-refractivity contribution in [2.24, 2.45) is 0 Å². The highest BCUT2D eigenvalue weighted by Gasteiger charge is 2.19. The number of carboxylic acid groups (broad SMARTS) is 1. The Morgan fingerprint density at radius 1 is 1.17 bits per heavy atom. The molecule has 0 aliphatic carbocycles. The van der Waals surface area contributed by atoms with Crippen molar-refractivity contribution in [3.63, 3.8) is 0 Å². The number of rotatable bonds is 9. The van der Waals surface area contributed by atoms with Crippen LogP contribution in [0.2, 0.25) is 0 Å². The quantitative estimate of drug-likeness (QED) is 0.713. The zero-order valence-electron chi connectivity index (χ0n) is 13.4. The molecule has 0 saturated carbocycles. The fourth-order valence-electron chi connectivity index (χ4n) is 2.08. The summed E-state index contributed by atoms with van der Waals surface area (Å²) in [5.74, 6) is -1.42. The monoisotopic (exact) mass is 341 g/mol. The minimum Gasteiger partial charge on any atom is -0.480 e. The maximum absolute atomic E-state index is 11.9. The summed E-state index contributed by atoms with van der Waals surface area (Å²) >= 11 is 0. The van der Waals surface area contributed by atoms with E-state index in [4.69, 9.17) is 5.11 Å². The smallest absolute Gasteiger partial charge is 0.326 e. The topological polar surface area (TPSA) is 101 Å². The Kier molecular flexibility index (Phi) is 7.22. The first kappa shape index (κ1) is 19.2. The Morgan fingerprint density at radius 3 is 2.26 bits per heavy atom. The van der Waals surface area contributed by atoms with Crippen molar-refractivity contribution in [1.29, 1.82) is 0 Å². The normalized spacial score (nSPS) is 12.6. The number of unbranched alkanes of at least 4 members (excludes halogenated alkanes) is 1. The molecule has 0 radical (unpaired) electrons. The van der Waals surface area contributed by atoms with Crippen LogP contribution >= 0.6 is 0 Å². The summed E-state index contributed by atoms with van der Waals surface area (Å²) in [7, 11) is -3.26. The van der Waals surface area contributed by atoms with Crippen molar-refractivity contribution < 1.29 is 23.1 Å². The Balaban J connectivity index is 2.68. The van der Waals surface area contributed by atoms with E-state index in [0.717, 1.165) is 12.8 Å². The summed E-state index contributed by atoms with van der Waals surface area (Å²) in [6.45, 7) is 3.52. The summed E-state index contributed by atoms with van der Waals surface area (Å²) in [6, 6.07) is 5.19. The first-order valence-electron chi connectivity index (χ1n) is 7.64. The lowest BCUT2D eigenvalue weighted by Crippen LogP contribution is -2.41. The fourth-order valence-corrected chi connectivity index (χ4v) is 2.96. The van der Waals surface area contributed by atoms with E-state index in [2.05, 4.69) is 5.32 Å². The second-order valence-electron chi connectivity index (χ2n) is 5.32. The molecular weight excluding hydrogens is 318 g/mol. The Bertz CT molecular complexity index is 637. The van der Waals surface area contributed by atoms with E-state index in [1.165, 1.54) is 12.1 Å². The first-order valence-corrected chi connectivity index (χ1v) is 9.29. The highest BCUT2D eigenvalue weighted by atomic mass is 32.2. The molecule has 0 aliphatic heterocycles. The number of amides is 1. The van der Waals surface area contributed by atoms with Gasteiger partial charge in [-0.15, -0.1) is 0 Å². The molecule has 6 nitrogen and oxygen atoms in total. The molecule has 0 aliphatic rings. The van der Waals surface area contributed by atoms with E-state index >= 15 is 0 Å². The van der Waals surface area contributed by atoms with Gasteiger partial charge in [0.2, 0.25) is 5.91 Å². The van der Waals surface area contributed by atoms with Gasteiger partial charge in [-0.05, 0) is 24.1 Å². The van der Waals surface area contributed by atoms with Gasteiger partial charge < -0.3 is 10.4 Å². The Labute approximate surface area is 136 Å². The average molecular weight is 341 g/mol. The van der Waals surface area contributed by atoms with Gasteiger partial charge in [0.1, 0.15) is 6.04 Å². The van der Waals surface area contributed by atoms with Crippen LogP contribution in [0.3, 0.4) is 0 Å². The lowest BCUT2D eigenvalue weighted by molar-refractivity contribution is -0.142. The van der Waals surface area contributed by atoms with E-state index in [0.29, 0.717) is 12.0 Å². The zero-order chi connectivity index (χ0) is 17.5. The molecule has 1 atom stereocenters. The number of aliphatic carboxylic acids is 1. The fraction of sp³-hybridized carbons (Fsp3) is 0.500. The zero-order valence-corrected chi connectivity index (χ0v) is 14.2. The van der Waals surface area contributed by atoms with Crippen LogP contribution in [0.25, 0.3) is 0 Å². The van der Waals surface area contributed by atoms with Crippen LogP contribution in [0.1, 0.15) is 38.7 Å². The van der Waals surface area contributed by atoms with Crippen LogP contribution in [-0.4, -0.2) is 37.2 Å². The highest BCUT2D eigenvalue weighted by molar-refractivity contribution is 7.91. The molecule has 0 saturated heterocycles. The van der Waals surface area contributed by atoms with Gasteiger partial charge in [0.25, 0.3) is 0 Å². The maximum Gasteiger partial charge on any atom is 0.326 e. The number of hydrogen-bond donors (Lipinski definition) is 2. The van der Waals surface area contributed by atoms with E-state index in [1.54, 1.807) is 19.1 Å². The summed E-state index contributed by atoms with van der Waals surface area (Å²) in [4.78, 5) is 23.3. The van der Waals surface area contributed by atoms with Crippen molar-refractivity contribution in [2.45, 2.75) is 50.5 Å².